The van der Waals surface area contributed by atoms with E-state index in [1.54, 1.807) is 18.2 Å². The molecule has 1 N–H and O–H groups in total. The van der Waals surface area contributed by atoms with E-state index >= 15 is 0 Å². The molecule has 0 heterocycles. The van der Waals surface area contributed by atoms with Crippen molar-refractivity contribution in [2.75, 3.05) is 13.2 Å². The highest BCUT2D eigenvalue weighted by atomic mass is 35.5. The van der Waals surface area contributed by atoms with Gasteiger partial charge in [0.15, 0.2) is 6.61 Å². The standard InChI is InChI=1S/C28H30Cl2N2O3/c1-4-31-28(34)26(15-21-8-6-5-7-9-21)32(17-22-10-11-23(29)16-25(22)30)27(33)18-35-24-13-19(2)12-20(3)14-24/h5-14,16,26H,4,15,17-18H2,1-3H3,(H,31,34)/t26-/m1/s1. The van der Waals surface area contributed by atoms with Crippen molar-refractivity contribution < 1.29 is 14.3 Å². The van der Waals surface area contributed by atoms with Crippen molar-refractivity contribution in [3.05, 3.63) is 99.0 Å². The van der Waals surface area contributed by atoms with Gasteiger partial charge in [0.2, 0.25) is 5.91 Å². The lowest BCUT2D eigenvalue weighted by molar-refractivity contribution is -0.142. The van der Waals surface area contributed by atoms with Crippen molar-refractivity contribution in [1.82, 2.24) is 10.2 Å². The minimum Gasteiger partial charge on any atom is -0.484 e. The first-order valence-corrected chi connectivity index (χ1v) is 12.3. The Morgan fingerprint density at radius 3 is 2.29 bits per heavy atom. The monoisotopic (exact) mass is 512 g/mol. The molecular weight excluding hydrogens is 483 g/mol. The maximum atomic E-state index is 13.6. The van der Waals surface area contributed by atoms with Crippen LogP contribution >= 0.6 is 23.2 Å². The summed E-state index contributed by atoms with van der Waals surface area (Å²) in [5.74, 6) is 0.0569. The van der Waals surface area contributed by atoms with Crippen LogP contribution in [0.25, 0.3) is 0 Å². The maximum Gasteiger partial charge on any atom is 0.261 e. The van der Waals surface area contributed by atoms with Crippen molar-refractivity contribution in [1.29, 1.82) is 0 Å². The van der Waals surface area contributed by atoms with E-state index in [1.165, 1.54) is 4.90 Å². The van der Waals surface area contributed by atoms with E-state index in [4.69, 9.17) is 27.9 Å². The Kier molecular flexibility index (Phi) is 9.58. The van der Waals surface area contributed by atoms with Gasteiger partial charge in [-0.05, 0) is 67.3 Å². The van der Waals surface area contributed by atoms with Crippen molar-refractivity contribution in [3.63, 3.8) is 0 Å². The average Bonchev–Trinajstić information content (AvgIpc) is 2.81. The lowest BCUT2D eigenvalue weighted by Crippen LogP contribution is -2.51. The number of carbonyl (C=O) groups is 2. The predicted molar refractivity (Wildman–Crippen MR) is 141 cm³/mol. The number of hydrogen-bond donors (Lipinski definition) is 1. The quantitative estimate of drug-likeness (QED) is 0.375. The molecule has 0 aromatic heterocycles. The molecule has 3 aromatic carbocycles. The zero-order chi connectivity index (χ0) is 25.4. The van der Waals surface area contributed by atoms with Crippen LogP contribution in [0.15, 0.2) is 66.7 Å². The van der Waals surface area contributed by atoms with Crippen LogP contribution in [-0.4, -0.2) is 35.9 Å². The molecule has 3 aromatic rings. The molecule has 0 radical (unpaired) electrons. The highest BCUT2D eigenvalue weighted by Gasteiger charge is 2.31. The largest absolute Gasteiger partial charge is 0.484 e. The summed E-state index contributed by atoms with van der Waals surface area (Å²) in [4.78, 5) is 28.3. The molecule has 2 amide bonds. The van der Waals surface area contributed by atoms with Gasteiger partial charge >= 0.3 is 0 Å². The van der Waals surface area contributed by atoms with Gasteiger partial charge in [-0.1, -0.05) is 65.7 Å². The van der Waals surface area contributed by atoms with Gasteiger partial charge in [0.1, 0.15) is 11.8 Å². The summed E-state index contributed by atoms with van der Waals surface area (Å²) in [5, 5.41) is 3.80. The first kappa shape index (κ1) is 26.6. The molecule has 7 heteroatoms. The number of nitrogens with zero attached hydrogens (tertiary/aromatic N) is 1. The number of aryl methyl sites for hydroxylation is 2. The number of amides is 2. The van der Waals surface area contributed by atoms with Gasteiger partial charge in [0, 0.05) is 29.6 Å². The Balaban J connectivity index is 1.93. The smallest absolute Gasteiger partial charge is 0.261 e. The van der Waals surface area contributed by atoms with Crippen LogP contribution in [-0.2, 0) is 22.6 Å². The van der Waals surface area contributed by atoms with Crippen molar-refractivity contribution >= 4 is 35.0 Å². The summed E-state index contributed by atoms with van der Waals surface area (Å²) in [6.07, 6.45) is 0.354. The zero-order valence-corrected chi connectivity index (χ0v) is 21.7. The Morgan fingerprint density at radius 2 is 1.66 bits per heavy atom. The fourth-order valence-electron chi connectivity index (χ4n) is 3.92. The summed E-state index contributed by atoms with van der Waals surface area (Å²) in [6.45, 7) is 6.18. The van der Waals surface area contributed by atoms with E-state index in [0.717, 1.165) is 16.7 Å². The Hall–Kier alpha value is -3.02. The van der Waals surface area contributed by atoms with E-state index in [9.17, 15) is 9.59 Å². The van der Waals surface area contributed by atoms with E-state index in [2.05, 4.69) is 5.32 Å². The number of rotatable bonds is 10. The predicted octanol–water partition coefficient (Wildman–Crippen LogP) is 5.77. The summed E-state index contributed by atoms with van der Waals surface area (Å²) in [7, 11) is 0. The average molecular weight is 513 g/mol. The second kappa shape index (κ2) is 12.6. The van der Waals surface area contributed by atoms with Crippen LogP contribution < -0.4 is 10.1 Å². The Labute approximate surface area is 217 Å². The fourth-order valence-corrected chi connectivity index (χ4v) is 4.39. The van der Waals surface area contributed by atoms with Crippen molar-refractivity contribution in [2.24, 2.45) is 0 Å². The number of likely N-dealkylation sites (N-methyl/N-ethyl adjacent to an activating group) is 1. The molecule has 0 aliphatic carbocycles. The number of halogens is 2. The minimum absolute atomic E-state index is 0.139. The molecule has 5 nitrogen and oxygen atoms in total. The normalized spacial score (nSPS) is 11.6. The first-order valence-electron chi connectivity index (χ1n) is 11.5. The van der Waals surface area contributed by atoms with E-state index in [-0.39, 0.29) is 25.0 Å². The molecule has 0 aliphatic rings. The van der Waals surface area contributed by atoms with Crippen LogP contribution in [0.1, 0.15) is 29.2 Å². The first-order chi connectivity index (χ1) is 16.8. The SMILES string of the molecule is CCNC(=O)[C@@H](Cc1ccccc1)N(Cc1ccc(Cl)cc1Cl)C(=O)COc1cc(C)cc(C)c1. The molecule has 0 fully saturated rings. The summed E-state index contributed by atoms with van der Waals surface area (Å²) < 4.78 is 5.86. The number of hydrogen-bond acceptors (Lipinski definition) is 3. The van der Waals surface area contributed by atoms with Crippen molar-refractivity contribution in [2.45, 2.75) is 39.8 Å². The molecular formula is C28H30Cl2N2O3. The third kappa shape index (κ3) is 7.74. The number of carbonyl (C=O) groups excluding carboxylic acids is 2. The Bertz CT molecular complexity index is 1150. The third-order valence-electron chi connectivity index (χ3n) is 5.54. The van der Waals surface area contributed by atoms with Crippen LogP contribution in [0.3, 0.4) is 0 Å². The lowest BCUT2D eigenvalue weighted by atomic mass is 10.0. The molecule has 0 saturated carbocycles. The number of benzene rings is 3. The maximum absolute atomic E-state index is 13.6. The van der Waals surface area contributed by atoms with Gasteiger partial charge in [-0.25, -0.2) is 0 Å². The van der Waals surface area contributed by atoms with Crippen LogP contribution in [0.5, 0.6) is 5.75 Å². The second-order valence-corrected chi connectivity index (χ2v) is 9.31. The van der Waals surface area contributed by atoms with Gasteiger partial charge in [0.05, 0.1) is 0 Å². The van der Waals surface area contributed by atoms with E-state index < -0.39 is 6.04 Å². The molecule has 1 atom stereocenters. The lowest BCUT2D eigenvalue weighted by Gasteiger charge is -2.31. The molecule has 35 heavy (non-hydrogen) atoms. The van der Waals surface area contributed by atoms with Crippen LogP contribution in [0.2, 0.25) is 10.0 Å². The van der Waals surface area contributed by atoms with E-state index in [1.807, 2.05) is 69.3 Å². The molecule has 3 rings (SSSR count). The number of ether oxygens (including phenoxy) is 1. The second-order valence-electron chi connectivity index (χ2n) is 8.47. The van der Waals surface area contributed by atoms with Crippen molar-refractivity contribution in [3.8, 4) is 5.75 Å². The molecule has 0 saturated heterocycles. The Morgan fingerprint density at radius 1 is 0.971 bits per heavy atom. The summed E-state index contributed by atoms with van der Waals surface area (Å²) in [6, 6.07) is 19.8. The van der Waals surface area contributed by atoms with Gasteiger partial charge in [0.25, 0.3) is 5.91 Å². The summed E-state index contributed by atoms with van der Waals surface area (Å²) in [5.41, 5.74) is 3.72. The minimum atomic E-state index is -0.751. The molecule has 0 spiro atoms. The highest BCUT2D eigenvalue weighted by Crippen LogP contribution is 2.24. The molecule has 0 aliphatic heterocycles. The molecule has 0 unspecified atom stereocenters. The van der Waals surface area contributed by atoms with Gasteiger partial charge < -0.3 is 15.0 Å². The van der Waals surface area contributed by atoms with Gasteiger partial charge in [-0.2, -0.15) is 0 Å². The summed E-state index contributed by atoms with van der Waals surface area (Å²) >= 11 is 12.5. The highest BCUT2D eigenvalue weighted by molar-refractivity contribution is 6.35. The van der Waals surface area contributed by atoms with Crippen LogP contribution in [0, 0.1) is 13.8 Å². The van der Waals surface area contributed by atoms with Crippen LogP contribution in [0.4, 0.5) is 0 Å². The third-order valence-corrected chi connectivity index (χ3v) is 6.12. The topological polar surface area (TPSA) is 58.6 Å². The fraction of sp³-hybridized carbons (Fsp3) is 0.286. The number of nitrogens with one attached hydrogen (secondary N) is 1. The molecule has 184 valence electrons. The zero-order valence-electron chi connectivity index (χ0n) is 20.2. The molecule has 0 bridgehead atoms. The van der Waals surface area contributed by atoms with Gasteiger partial charge in [-0.3, -0.25) is 9.59 Å². The van der Waals surface area contributed by atoms with Gasteiger partial charge in [-0.15, -0.1) is 0 Å². The van der Waals surface area contributed by atoms with E-state index in [0.29, 0.717) is 34.3 Å².